The zero-order valence-electron chi connectivity index (χ0n) is 15.0. The molecule has 2 unspecified atom stereocenters. The monoisotopic (exact) mass is 378 g/mol. The van der Waals surface area contributed by atoms with Crippen LogP contribution >= 0.6 is 0 Å². The molecule has 2 amide bonds. The third-order valence-electron chi connectivity index (χ3n) is 4.86. The minimum absolute atomic E-state index is 0.0413. The molecule has 2 N–H and O–H groups in total. The third kappa shape index (κ3) is 3.96. The van der Waals surface area contributed by atoms with E-state index in [1.54, 1.807) is 42.5 Å². The van der Waals surface area contributed by atoms with Crippen LogP contribution in [-0.2, 0) is 11.3 Å². The Hall–Kier alpha value is -3.41. The number of amides is 2. The zero-order valence-corrected chi connectivity index (χ0v) is 15.0. The van der Waals surface area contributed by atoms with Crippen molar-refractivity contribution in [2.24, 2.45) is 5.92 Å². The Balaban J connectivity index is 1.28. The third-order valence-corrected chi connectivity index (χ3v) is 4.86. The Morgan fingerprint density at radius 3 is 2.54 bits per heavy atom. The van der Waals surface area contributed by atoms with Crippen molar-refractivity contribution in [2.75, 3.05) is 5.32 Å². The molecule has 2 atom stereocenters. The molecule has 0 spiro atoms. The summed E-state index contributed by atoms with van der Waals surface area (Å²) in [4.78, 5) is 24.3. The predicted molar refractivity (Wildman–Crippen MR) is 102 cm³/mol. The molecular formula is C22H19FN2O3. The molecule has 6 heteroatoms. The number of anilines is 1. The number of carbonyl (C=O) groups is 2. The van der Waals surface area contributed by atoms with E-state index >= 15 is 0 Å². The molecule has 4 rings (SSSR count). The molecule has 0 bridgehead atoms. The standard InChI is InChI=1S/C22H19FN2O3/c23-19-5-2-1-4-16(19)17-12-18(17)21(26)24-13-14-7-9-15(10-8-14)25-22(27)20-6-3-11-28-20/h1-11,17-18H,12-13H2,(H,24,26)(H,25,27). The lowest BCUT2D eigenvalue weighted by Gasteiger charge is -2.08. The Kier molecular flexibility index (Phi) is 4.93. The van der Waals surface area contributed by atoms with Gasteiger partial charge < -0.3 is 15.1 Å². The van der Waals surface area contributed by atoms with Gasteiger partial charge in [-0.15, -0.1) is 0 Å². The lowest BCUT2D eigenvalue weighted by Crippen LogP contribution is -2.24. The summed E-state index contributed by atoms with van der Waals surface area (Å²) in [6, 6.07) is 17.0. The first-order chi connectivity index (χ1) is 13.6. The number of hydrogen-bond acceptors (Lipinski definition) is 3. The molecule has 0 saturated heterocycles. The van der Waals surface area contributed by atoms with Gasteiger partial charge in [-0.2, -0.15) is 0 Å². The number of rotatable bonds is 6. The summed E-state index contributed by atoms with van der Waals surface area (Å²) in [7, 11) is 0. The average molecular weight is 378 g/mol. The van der Waals surface area contributed by atoms with Gasteiger partial charge in [-0.1, -0.05) is 30.3 Å². The SMILES string of the molecule is O=C(Nc1ccc(CNC(=O)C2CC2c2ccccc2F)cc1)c1ccco1. The minimum Gasteiger partial charge on any atom is -0.459 e. The van der Waals surface area contributed by atoms with Gasteiger partial charge in [0.1, 0.15) is 5.82 Å². The number of furan rings is 1. The molecule has 1 aliphatic rings. The van der Waals surface area contributed by atoms with Crippen LogP contribution in [-0.4, -0.2) is 11.8 Å². The first-order valence-electron chi connectivity index (χ1n) is 9.08. The van der Waals surface area contributed by atoms with Gasteiger partial charge in [0.15, 0.2) is 5.76 Å². The topological polar surface area (TPSA) is 71.3 Å². The first kappa shape index (κ1) is 18.0. The fraction of sp³-hybridized carbons (Fsp3) is 0.182. The van der Waals surface area contributed by atoms with Crippen molar-refractivity contribution in [1.29, 1.82) is 0 Å². The van der Waals surface area contributed by atoms with Crippen LogP contribution < -0.4 is 10.6 Å². The number of carbonyl (C=O) groups excluding carboxylic acids is 2. The minimum atomic E-state index is -0.320. The van der Waals surface area contributed by atoms with Gasteiger partial charge in [-0.05, 0) is 53.8 Å². The first-order valence-corrected chi connectivity index (χ1v) is 9.08. The quantitative estimate of drug-likeness (QED) is 0.679. The summed E-state index contributed by atoms with van der Waals surface area (Å²) < 4.78 is 18.9. The normalized spacial score (nSPS) is 17.8. The number of halogens is 1. The molecule has 1 aromatic heterocycles. The van der Waals surface area contributed by atoms with Crippen LogP contribution in [0.1, 0.15) is 34.0 Å². The van der Waals surface area contributed by atoms with Gasteiger partial charge in [0, 0.05) is 18.2 Å². The largest absolute Gasteiger partial charge is 0.459 e. The summed E-state index contributed by atoms with van der Waals surface area (Å²) in [6.07, 6.45) is 2.11. The van der Waals surface area contributed by atoms with Gasteiger partial charge >= 0.3 is 0 Å². The maximum Gasteiger partial charge on any atom is 0.291 e. The van der Waals surface area contributed by atoms with Gasteiger partial charge in [0.25, 0.3) is 5.91 Å². The molecule has 142 valence electrons. The molecule has 1 saturated carbocycles. The second-order valence-electron chi connectivity index (χ2n) is 6.82. The summed E-state index contributed by atoms with van der Waals surface area (Å²) >= 11 is 0. The highest BCUT2D eigenvalue weighted by atomic mass is 19.1. The van der Waals surface area contributed by atoms with Gasteiger partial charge in [0.2, 0.25) is 5.91 Å². The van der Waals surface area contributed by atoms with Crippen molar-refractivity contribution in [3.8, 4) is 0 Å². The summed E-state index contributed by atoms with van der Waals surface area (Å²) in [5.74, 6) is -0.619. The van der Waals surface area contributed by atoms with E-state index in [-0.39, 0.29) is 35.2 Å². The number of nitrogens with one attached hydrogen (secondary N) is 2. The molecule has 0 radical (unpaired) electrons. The Labute approximate surface area is 161 Å². The van der Waals surface area contributed by atoms with E-state index in [1.807, 2.05) is 12.1 Å². The van der Waals surface area contributed by atoms with E-state index in [0.29, 0.717) is 24.2 Å². The summed E-state index contributed by atoms with van der Waals surface area (Å²) in [5, 5.41) is 5.64. The Morgan fingerprint density at radius 2 is 1.82 bits per heavy atom. The van der Waals surface area contributed by atoms with E-state index in [0.717, 1.165) is 5.56 Å². The maximum absolute atomic E-state index is 13.8. The van der Waals surface area contributed by atoms with Crippen LogP contribution in [0.25, 0.3) is 0 Å². The Bertz CT molecular complexity index is 983. The van der Waals surface area contributed by atoms with Crippen molar-refractivity contribution in [2.45, 2.75) is 18.9 Å². The lowest BCUT2D eigenvalue weighted by molar-refractivity contribution is -0.122. The maximum atomic E-state index is 13.8. The second-order valence-corrected chi connectivity index (χ2v) is 6.82. The van der Waals surface area contributed by atoms with E-state index in [4.69, 9.17) is 4.42 Å². The molecule has 28 heavy (non-hydrogen) atoms. The molecular weight excluding hydrogens is 359 g/mol. The van der Waals surface area contributed by atoms with E-state index in [1.165, 1.54) is 12.3 Å². The molecule has 1 heterocycles. The van der Waals surface area contributed by atoms with Crippen LogP contribution in [0.4, 0.5) is 10.1 Å². The van der Waals surface area contributed by atoms with Crippen LogP contribution in [0.5, 0.6) is 0 Å². The summed E-state index contributed by atoms with van der Waals surface area (Å²) in [5.41, 5.74) is 2.16. The van der Waals surface area contributed by atoms with E-state index in [9.17, 15) is 14.0 Å². The van der Waals surface area contributed by atoms with Gasteiger partial charge in [-0.3, -0.25) is 9.59 Å². The van der Waals surface area contributed by atoms with Crippen molar-refractivity contribution in [1.82, 2.24) is 5.32 Å². The molecule has 3 aromatic rings. The van der Waals surface area contributed by atoms with Crippen LogP contribution in [0.3, 0.4) is 0 Å². The average Bonchev–Trinajstić information content (AvgIpc) is 3.30. The fourth-order valence-electron chi connectivity index (χ4n) is 3.23. The highest BCUT2D eigenvalue weighted by molar-refractivity contribution is 6.02. The van der Waals surface area contributed by atoms with E-state index in [2.05, 4.69) is 10.6 Å². The van der Waals surface area contributed by atoms with Crippen molar-refractivity contribution < 1.29 is 18.4 Å². The van der Waals surface area contributed by atoms with Crippen molar-refractivity contribution in [3.63, 3.8) is 0 Å². The second kappa shape index (κ2) is 7.68. The highest BCUT2D eigenvalue weighted by Crippen LogP contribution is 2.48. The van der Waals surface area contributed by atoms with Crippen molar-refractivity contribution >= 4 is 17.5 Å². The lowest BCUT2D eigenvalue weighted by atomic mass is 10.1. The number of benzene rings is 2. The Morgan fingerprint density at radius 1 is 1.04 bits per heavy atom. The predicted octanol–water partition coefficient (Wildman–Crippen LogP) is 4.09. The molecule has 1 aliphatic carbocycles. The van der Waals surface area contributed by atoms with Crippen LogP contribution in [0.2, 0.25) is 0 Å². The highest BCUT2D eigenvalue weighted by Gasteiger charge is 2.44. The summed E-state index contributed by atoms with van der Waals surface area (Å²) in [6.45, 7) is 0.381. The van der Waals surface area contributed by atoms with Crippen LogP contribution in [0, 0.1) is 11.7 Å². The van der Waals surface area contributed by atoms with Crippen molar-refractivity contribution in [3.05, 3.63) is 89.6 Å². The molecule has 2 aromatic carbocycles. The van der Waals surface area contributed by atoms with Gasteiger partial charge in [-0.25, -0.2) is 4.39 Å². The van der Waals surface area contributed by atoms with Gasteiger partial charge in [0.05, 0.1) is 6.26 Å². The van der Waals surface area contributed by atoms with Crippen LogP contribution in [0.15, 0.2) is 71.3 Å². The molecule has 1 fully saturated rings. The molecule has 5 nitrogen and oxygen atoms in total. The zero-order chi connectivity index (χ0) is 19.5. The smallest absolute Gasteiger partial charge is 0.291 e. The van der Waals surface area contributed by atoms with E-state index < -0.39 is 0 Å². The fourth-order valence-corrected chi connectivity index (χ4v) is 3.23. The molecule has 0 aliphatic heterocycles. The number of hydrogen-bond donors (Lipinski definition) is 2.